The highest BCUT2D eigenvalue weighted by Gasteiger charge is 2.64. The zero-order chi connectivity index (χ0) is 24.3. The molecule has 6 rings (SSSR count). The lowest BCUT2D eigenvalue weighted by molar-refractivity contribution is -0.123. The van der Waals surface area contributed by atoms with Gasteiger partial charge in [-0.05, 0) is 72.6 Å². The molecule has 7 heteroatoms. The molecular formula is C28H22Cl2N2O3. The van der Waals surface area contributed by atoms with Crippen LogP contribution in [0.15, 0.2) is 72.8 Å². The number of nitrogens with zero attached hydrogens (tertiary/aromatic N) is 1. The van der Waals surface area contributed by atoms with Crippen LogP contribution in [0.3, 0.4) is 0 Å². The van der Waals surface area contributed by atoms with Crippen molar-refractivity contribution >= 4 is 52.3 Å². The summed E-state index contributed by atoms with van der Waals surface area (Å²) in [5.74, 6) is -0.499. The Morgan fingerprint density at radius 1 is 0.829 bits per heavy atom. The van der Waals surface area contributed by atoms with E-state index in [0.29, 0.717) is 32.9 Å². The molecule has 1 aliphatic heterocycles. The predicted molar refractivity (Wildman–Crippen MR) is 136 cm³/mol. The van der Waals surface area contributed by atoms with Crippen molar-refractivity contribution in [1.29, 1.82) is 0 Å². The van der Waals surface area contributed by atoms with Gasteiger partial charge in [0.1, 0.15) is 0 Å². The third-order valence-electron chi connectivity index (χ3n) is 7.79. The monoisotopic (exact) mass is 504 g/mol. The third kappa shape index (κ3) is 3.65. The van der Waals surface area contributed by atoms with Crippen molar-refractivity contribution in [1.82, 2.24) is 0 Å². The fourth-order valence-corrected chi connectivity index (χ4v) is 6.66. The Kier molecular flexibility index (Phi) is 5.42. The number of hydrogen-bond donors (Lipinski definition) is 1. The molecule has 2 saturated carbocycles. The van der Waals surface area contributed by atoms with Gasteiger partial charge in [0.05, 0.1) is 27.6 Å². The van der Waals surface area contributed by atoms with Gasteiger partial charge >= 0.3 is 0 Å². The predicted octanol–water partition coefficient (Wildman–Crippen LogP) is 6.17. The summed E-state index contributed by atoms with van der Waals surface area (Å²) in [6.07, 6.45) is 1.86. The first-order chi connectivity index (χ1) is 16.9. The largest absolute Gasteiger partial charge is 0.322 e. The van der Waals surface area contributed by atoms with E-state index in [9.17, 15) is 14.4 Å². The molecule has 2 bridgehead atoms. The van der Waals surface area contributed by atoms with Crippen molar-refractivity contribution in [3.05, 3.63) is 94.0 Å². The molecule has 1 heterocycles. The van der Waals surface area contributed by atoms with Crippen LogP contribution >= 0.6 is 23.2 Å². The van der Waals surface area contributed by atoms with Gasteiger partial charge in [-0.2, -0.15) is 0 Å². The van der Waals surface area contributed by atoms with Gasteiger partial charge < -0.3 is 5.32 Å². The SMILES string of the molecule is O=C(Nc1ccc(Cl)c(Cl)c1)c1cccc(N2C(=O)[C@@H]3[C@H]4C[C@H]([C@H]3C2=O)[C@@H](c2ccccc2)C4)c1. The number of fused-ring (bicyclic) bond motifs is 5. The molecule has 0 spiro atoms. The molecule has 3 aromatic rings. The van der Waals surface area contributed by atoms with E-state index >= 15 is 0 Å². The van der Waals surface area contributed by atoms with Crippen LogP contribution in [0.4, 0.5) is 11.4 Å². The number of carbonyl (C=O) groups excluding carboxylic acids is 3. The van der Waals surface area contributed by atoms with Crippen LogP contribution in [0, 0.1) is 23.7 Å². The van der Waals surface area contributed by atoms with Gasteiger partial charge in [0, 0.05) is 11.3 Å². The number of rotatable bonds is 4. The fourth-order valence-electron chi connectivity index (χ4n) is 6.36. The highest BCUT2D eigenvalue weighted by molar-refractivity contribution is 6.42. The fraction of sp³-hybridized carbons (Fsp3) is 0.250. The first kappa shape index (κ1) is 22.3. The van der Waals surface area contributed by atoms with Crippen LogP contribution in [0.1, 0.15) is 34.7 Å². The summed E-state index contributed by atoms with van der Waals surface area (Å²) in [5.41, 5.74) is 2.53. The van der Waals surface area contributed by atoms with Crippen molar-refractivity contribution < 1.29 is 14.4 Å². The van der Waals surface area contributed by atoms with E-state index in [0.717, 1.165) is 12.8 Å². The van der Waals surface area contributed by atoms with Crippen molar-refractivity contribution in [2.75, 3.05) is 10.2 Å². The number of amides is 3. The Balaban J connectivity index is 1.25. The summed E-state index contributed by atoms with van der Waals surface area (Å²) in [6.45, 7) is 0. The van der Waals surface area contributed by atoms with E-state index < -0.39 is 0 Å². The van der Waals surface area contributed by atoms with Crippen LogP contribution in [0.5, 0.6) is 0 Å². The molecule has 3 aliphatic rings. The molecule has 5 atom stereocenters. The second-order valence-electron chi connectivity index (χ2n) is 9.61. The van der Waals surface area contributed by atoms with Crippen LogP contribution in [0.25, 0.3) is 0 Å². The third-order valence-corrected chi connectivity index (χ3v) is 8.53. The summed E-state index contributed by atoms with van der Waals surface area (Å²) < 4.78 is 0. The second-order valence-corrected chi connectivity index (χ2v) is 10.4. The standard InChI is InChI=1S/C28H22Cl2N2O3/c29-22-10-9-18(14-23(22)30)31-26(33)16-7-4-8-19(11-16)32-27(34)24-17-12-20(15-5-2-1-3-6-15)21(13-17)25(24)28(32)35/h1-11,14,17,20-21,24-25H,12-13H2,(H,31,33)/t17-,20-,21+,24-,25-/m1/s1. The summed E-state index contributed by atoms with van der Waals surface area (Å²) in [7, 11) is 0. The highest BCUT2D eigenvalue weighted by Crippen LogP contribution is 2.61. The number of benzene rings is 3. The summed E-state index contributed by atoms with van der Waals surface area (Å²) in [6, 6.07) is 21.8. The van der Waals surface area contributed by atoms with Crippen molar-refractivity contribution in [2.45, 2.75) is 18.8 Å². The van der Waals surface area contributed by atoms with Crippen LogP contribution in [0.2, 0.25) is 10.0 Å². The summed E-state index contributed by atoms with van der Waals surface area (Å²) in [5, 5.41) is 3.51. The molecule has 5 nitrogen and oxygen atoms in total. The zero-order valence-electron chi connectivity index (χ0n) is 18.7. The minimum absolute atomic E-state index is 0.138. The maximum absolute atomic E-state index is 13.6. The molecule has 1 N–H and O–H groups in total. The molecule has 35 heavy (non-hydrogen) atoms. The lowest BCUT2D eigenvalue weighted by Gasteiger charge is -2.28. The molecule has 0 radical (unpaired) electrons. The molecule has 0 unspecified atom stereocenters. The zero-order valence-corrected chi connectivity index (χ0v) is 20.2. The summed E-state index contributed by atoms with van der Waals surface area (Å²) in [4.78, 5) is 41.2. The molecule has 3 aromatic carbocycles. The highest BCUT2D eigenvalue weighted by atomic mass is 35.5. The van der Waals surface area contributed by atoms with Gasteiger partial charge in [0.2, 0.25) is 11.8 Å². The number of hydrogen-bond acceptors (Lipinski definition) is 3. The van der Waals surface area contributed by atoms with Crippen LogP contribution in [-0.4, -0.2) is 17.7 Å². The average molecular weight is 505 g/mol. The van der Waals surface area contributed by atoms with Gasteiger partial charge in [-0.3, -0.25) is 19.3 Å². The molecular weight excluding hydrogens is 483 g/mol. The molecule has 3 amide bonds. The van der Waals surface area contributed by atoms with Gasteiger partial charge in [0.15, 0.2) is 0 Å². The van der Waals surface area contributed by atoms with Gasteiger partial charge in [0.25, 0.3) is 5.91 Å². The number of imide groups is 1. The molecule has 1 saturated heterocycles. The normalized spacial score (nSPS) is 26.8. The maximum atomic E-state index is 13.6. The van der Waals surface area contributed by atoms with E-state index in [-0.39, 0.29) is 41.4 Å². The van der Waals surface area contributed by atoms with Gasteiger partial charge in [-0.25, -0.2) is 0 Å². The lowest BCUT2D eigenvalue weighted by Crippen LogP contribution is -2.33. The van der Waals surface area contributed by atoms with E-state index in [4.69, 9.17) is 23.2 Å². The molecule has 2 aliphatic carbocycles. The van der Waals surface area contributed by atoms with Crippen molar-refractivity contribution in [2.24, 2.45) is 23.7 Å². The molecule has 176 valence electrons. The average Bonchev–Trinajstić information content (AvgIpc) is 3.53. The number of anilines is 2. The topological polar surface area (TPSA) is 66.5 Å². The van der Waals surface area contributed by atoms with E-state index in [1.165, 1.54) is 10.5 Å². The number of halogens is 2. The van der Waals surface area contributed by atoms with Crippen molar-refractivity contribution in [3.8, 4) is 0 Å². The Morgan fingerprint density at radius 2 is 1.60 bits per heavy atom. The van der Waals surface area contributed by atoms with Crippen molar-refractivity contribution in [3.63, 3.8) is 0 Å². The Morgan fingerprint density at radius 3 is 2.37 bits per heavy atom. The lowest BCUT2D eigenvalue weighted by atomic mass is 9.73. The Labute approximate surface area is 213 Å². The van der Waals surface area contributed by atoms with E-state index in [2.05, 4.69) is 17.4 Å². The Bertz CT molecular complexity index is 1360. The van der Waals surface area contributed by atoms with Crippen LogP contribution < -0.4 is 10.2 Å². The number of carbonyl (C=O) groups is 3. The smallest absolute Gasteiger partial charge is 0.255 e. The first-order valence-corrected chi connectivity index (χ1v) is 12.5. The minimum atomic E-state index is -0.367. The Hall–Kier alpha value is -3.15. The van der Waals surface area contributed by atoms with E-state index in [1.54, 1.807) is 42.5 Å². The van der Waals surface area contributed by atoms with Gasteiger partial charge in [-0.1, -0.05) is 59.6 Å². The van der Waals surface area contributed by atoms with Crippen LogP contribution in [-0.2, 0) is 9.59 Å². The van der Waals surface area contributed by atoms with E-state index in [1.807, 2.05) is 18.2 Å². The minimum Gasteiger partial charge on any atom is -0.322 e. The number of nitrogens with one attached hydrogen (secondary N) is 1. The second kappa shape index (κ2) is 8.51. The quantitative estimate of drug-likeness (QED) is 0.431. The molecule has 0 aromatic heterocycles. The van der Waals surface area contributed by atoms with Gasteiger partial charge in [-0.15, -0.1) is 0 Å². The summed E-state index contributed by atoms with van der Waals surface area (Å²) >= 11 is 12.0. The maximum Gasteiger partial charge on any atom is 0.255 e. The molecule has 3 fully saturated rings. The first-order valence-electron chi connectivity index (χ1n) is 11.7.